The molecular weight excluding hydrogens is 242 g/mol. The van der Waals surface area contributed by atoms with Crippen molar-refractivity contribution in [3.8, 4) is 0 Å². The van der Waals surface area contributed by atoms with E-state index in [1.54, 1.807) is 6.20 Å². The van der Waals surface area contributed by atoms with E-state index in [1.165, 1.54) is 11.3 Å². The SMILES string of the molecule is CCC(O)c1nccs1.Clc1ccccc1. The molecule has 2 aromatic rings. The summed E-state index contributed by atoms with van der Waals surface area (Å²) in [6, 6.07) is 9.44. The largest absolute Gasteiger partial charge is 0.386 e. The van der Waals surface area contributed by atoms with Gasteiger partial charge in [0.15, 0.2) is 0 Å². The molecule has 0 amide bonds. The highest BCUT2D eigenvalue weighted by Crippen LogP contribution is 2.17. The molecule has 2 nitrogen and oxygen atoms in total. The fraction of sp³-hybridized carbons (Fsp3) is 0.250. The predicted octanol–water partition coefficient (Wildman–Crippen LogP) is 3.93. The smallest absolute Gasteiger partial charge is 0.121 e. The van der Waals surface area contributed by atoms with Crippen LogP contribution < -0.4 is 0 Å². The number of nitrogens with zero attached hydrogens (tertiary/aromatic N) is 1. The summed E-state index contributed by atoms with van der Waals surface area (Å²) in [6.07, 6.45) is 2.09. The number of aliphatic hydroxyl groups excluding tert-OH is 1. The molecule has 1 atom stereocenters. The van der Waals surface area contributed by atoms with Gasteiger partial charge in [0.1, 0.15) is 11.1 Å². The summed E-state index contributed by atoms with van der Waals surface area (Å²) in [7, 11) is 0. The molecule has 1 N–H and O–H groups in total. The summed E-state index contributed by atoms with van der Waals surface area (Å²) in [5, 5.41) is 12.6. The van der Waals surface area contributed by atoms with Crippen molar-refractivity contribution in [2.75, 3.05) is 0 Å². The zero-order valence-electron chi connectivity index (χ0n) is 9.01. The standard InChI is InChI=1S/C6H5Cl.C6H9NOS/c7-6-4-2-1-3-5-6;1-2-5(8)6-7-3-4-9-6/h1-5H;3-5,8H,2H2,1H3. The van der Waals surface area contributed by atoms with Crippen LogP contribution in [0.3, 0.4) is 0 Å². The number of aromatic nitrogens is 1. The average molecular weight is 256 g/mol. The number of rotatable bonds is 2. The molecule has 0 saturated heterocycles. The van der Waals surface area contributed by atoms with Crippen molar-refractivity contribution in [2.45, 2.75) is 19.4 Å². The van der Waals surface area contributed by atoms with E-state index >= 15 is 0 Å². The van der Waals surface area contributed by atoms with Crippen LogP contribution in [-0.4, -0.2) is 10.1 Å². The zero-order chi connectivity index (χ0) is 11.8. The number of thiazole rings is 1. The summed E-state index contributed by atoms with van der Waals surface area (Å²) in [6.45, 7) is 1.94. The van der Waals surface area contributed by atoms with E-state index in [1.807, 2.05) is 42.6 Å². The van der Waals surface area contributed by atoms with Crippen LogP contribution in [0.5, 0.6) is 0 Å². The van der Waals surface area contributed by atoms with Gasteiger partial charge in [-0.05, 0) is 18.6 Å². The van der Waals surface area contributed by atoms with Crippen LogP contribution in [-0.2, 0) is 0 Å². The number of hydrogen-bond donors (Lipinski definition) is 1. The van der Waals surface area contributed by atoms with E-state index in [4.69, 9.17) is 16.7 Å². The fourth-order valence-corrected chi connectivity index (χ4v) is 1.84. The first kappa shape index (κ1) is 13.2. The molecule has 4 heteroatoms. The quantitative estimate of drug-likeness (QED) is 0.882. The maximum atomic E-state index is 9.17. The molecule has 0 fully saturated rings. The lowest BCUT2D eigenvalue weighted by Gasteiger charge is -1.99. The Morgan fingerprint density at radius 2 is 2.06 bits per heavy atom. The van der Waals surface area contributed by atoms with Gasteiger partial charge in [0.05, 0.1) is 0 Å². The van der Waals surface area contributed by atoms with Crippen LogP contribution in [0.1, 0.15) is 24.5 Å². The third-order valence-corrected chi connectivity index (χ3v) is 2.99. The lowest BCUT2D eigenvalue weighted by atomic mass is 10.3. The van der Waals surface area contributed by atoms with Crippen LogP contribution in [0.15, 0.2) is 41.9 Å². The predicted molar refractivity (Wildman–Crippen MR) is 68.8 cm³/mol. The lowest BCUT2D eigenvalue weighted by molar-refractivity contribution is 0.173. The van der Waals surface area contributed by atoms with Gasteiger partial charge in [-0.1, -0.05) is 36.7 Å². The Kier molecular flexibility index (Phi) is 6.08. The molecular formula is C12H14ClNOS. The number of hydrogen-bond acceptors (Lipinski definition) is 3. The van der Waals surface area contributed by atoms with Crippen LogP contribution in [0.2, 0.25) is 5.02 Å². The normalized spacial score (nSPS) is 11.4. The highest BCUT2D eigenvalue weighted by atomic mass is 35.5. The summed E-state index contributed by atoms with van der Waals surface area (Å²) in [5.41, 5.74) is 0. The molecule has 1 aromatic heterocycles. The first-order valence-corrected chi connectivity index (χ1v) is 6.27. The fourth-order valence-electron chi connectivity index (χ4n) is 0.988. The van der Waals surface area contributed by atoms with Gasteiger partial charge >= 0.3 is 0 Å². The van der Waals surface area contributed by atoms with Crippen molar-refractivity contribution >= 4 is 22.9 Å². The van der Waals surface area contributed by atoms with Gasteiger partial charge in [-0.15, -0.1) is 11.3 Å². The minimum Gasteiger partial charge on any atom is -0.386 e. The lowest BCUT2D eigenvalue weighted by Crippen LogP contribution is -1.92. The second kappa shape index (κ2) is 7.39. The highest BCUT2D eigenvalue weighted by Gasteiger charge is 2.04. The third kappa shape index (κ3) is 4.75. The molecule has 0 bridgehead atoms. The molecule has 0 spiro atoms. The van der Waals surface area contributed by atoms with Crippen molar-refractivity contribution < 1.29 is 5.11 Å². The van der Waals surface area contributed by atoms with E-state index in [9.17, 15) is 0 Å². The van der Waals surface area contributed by atoms with Gasteiger partial charge in [-0.25, -0.2) is 4.98 Å². The minimum absolute atomic E-state index is 0.356. The van der Waals surface area contributed by atoms with E-state index in [0.29, 0.717) is 0 Å². The van der Waals surface area contributed by atoms with Crippen LogP contribution >= 0.6 is 22.9 Å². The Morgan fingerprint density at radius 1 is 1.38 bits per heavy atom. The highest BCUT2D eigenvalue weighted by molar-refractivity contribution is 7.09. The first-order valence-electron chi connectivity index (χ1n) is 5.02. The molecule has 0 aliphatic carbocycles. The van der Waals surface area contributed by atoms with E-state index in [2.05, 4.69) is 4.98 Å². The summed E-state index contributed by atoms with van der Waals surface area (Å²) in [5.74, 6) is 0. The Bertz CT molecular complexity index is 377. The van der Waals surface area contributed by atoms with Gasteiger partial charge in [-0.3, -0.25) is 0 Å². The van der Waals surface area contributed by atoms with Gasteiger partial charge < -0.3 is 5.11 Å². The monoisotopic (exact) mass is 255 g/mol. The maximum Gasteiger partial charge on any atom is 0.121 e. The van der Waals surface area contributed by atoms with Crippen LogP contribution in [0, 0.1) is 0 Å². The molecule has 1 unspecified atom stereocenters. The molecule has 2 rings (SSSR count). The van der Waals surface area contributed by atoms with Crippen molar-refractivity contribution in [1.29, 1.82) is 0 Å². The van der Waals surface area contributed by atoms with Crippen LogP contribution in [0.25, 0.3) is 0 Å². The summed E-state index contributed by atoms with van der Waals surface area (Å²) in [4.78, 5) is 3.96. The van der Waals surface area contributed by atoms with Crippen molar-refractivity contribution in [1.82, 2.24) is 4.98 Å². The van der Waals surface area contributed by atoms with E-state index in [-0.39, 0.29) is 6.10 Å². The molecule has 1 heterocycles. The topological polar surface area (TPSA) is 33.1 Å². The Hall–Kier alpha value is -0.900. The van der Waals surface area contributed by atoms with Crippen molar-refractivity contribution in [3.05, 3.63) is 51.9 Å². The van der Waals surface area contributed by atoms with Gasteiger partial charge in [0.25, 0.3) is 0 Å². The number of benzene rings is 1. The second-order valence-corrected chi connectivity index (χ2v) is 4.45. The summed E-state index contributed by atoms with van der Waals surface area (Å²) < 4.78 is 0. The van der Waals surface area contributed by atoms with Gasteiger partial charge in [-0.2, -0.15) is 0 Å². The van der Waals surface area contributed by atoms with Crippen LogP contribution in [0.4, 0.5) is 0 Å². The Balaban J connectivity index is 0.000000165. The summed E-state index contributed by atoms with van der Waals surface area (Å²) >= 11 is 7.03. The van der Waals surface area contributed by atoms with E-state index < -0.39 is 0 Å². The molecule has 16 heavy (non-hydrogen) atoms. The molecule has 0 aliphatic heterocycles. The van der Waals surface area contributed by atoms with Gasteiger partial charge in [0, 0.05) is 16.6 Å². The van der Waals surface area contributed by atoms with Gasteiger partial charge in [0.2, 0.25) is 0 Å². The minimum atomic E-state index is -0.356. The zero-order valence-corrected chi connectivity index (χ0v) is 10.6. The molecule has 86 valence electrons. The molecule has 0 radical (unpaired) electrons. The van der Waals surface area contributed by atoms with E-state index in [0.717, 1.165) is 16.5 Å². The number of halogens is 1. The Morgan fingerprint density at radius 3 is 2.44 bits per heavy atom. The molecule has 0 saturated carbocycles. The first-order chi connectivity index (χ1) is 7.74. The Labute approximate surface area is 105 Å². The average Bonchev–Trinajstić information content (AvgIpc) is 2.83. The molecule has 0 aliphatic rings. The number of aliphatic hydroxyl groups is 1. The van der Waals surface area contributed by atoms with Crippen molar-refractivity contribution in [2.24, 2.45) is 0 Å². The second-order valence-electron chi connectivity index (χ2n) is 3.09. The van der Waals surface area contributed by atoms with Crippen molar-refractivity contribution in [3.63, 3.8) is 0 Å². The maximum absolute atomic E-state index is 9.17. The molecule has 1 aromatic carbocycles. The third-order valence-electron chi connectivity index (χ3n) is 1.86.